The molecule has 0 aromatic carbocycles. The van der Waals surface area contributed by atoms with Gasteiger partial charge in [-0.2, -0.15) is 4.98 Å². The van der Waals surface area contributed by atoms with E-state index in [0.29, 0.717) is 24.6 Å². The van der Waals surface area contributed by atoms with Gasteiger partial charge in [-0.25, -0.2) is 0 Å². The molecule has 1 aromatic heterocycles. The Morgan fingerprint density at radius 1 is 1.42 bits per heavy atom. The van der Waals surface area contributed by atoms with Gasteiger partial charge in [-0.1, -0.05) is 5.16 Å². The average Bonchev–Trinajstić information content (AvgIpc) is 3.20. The van der Waals surface area contributed by atoms with Gasteiger partial charge in [0.25, 0.3) is 0 Å². The first-order valence-corrected chi connectivity index (χ1v) is 7.09. The van der Waals surface area contributed by atoms with Crippen LogP contribution in [0.5, 0.6) is 0 Å². The van der Waals surface area contributed by atoms with Crippen LogP contribution in [-0.4, -0.2) is 47.4 Å². The number of nitrogens with two attached hydrogens (primary N) is 1. The van der Waals surface area contributed by atoms with Crippen molar-refractivity contribution >= 4 is 0 Å². The fourth-order valence-corrected chi connectivity index (χ4v) is 2.74. The first-order chi connectivity index (χ1) is 9.30. The lowest BCUT2D eigenvalue weighted by Gasteiger charge is -2.37. The number of piperidine rings is 1. The molecule has 6 heteroatoms. The highest BCUT2D eigenvalue weighted by Crippen LogP contribution is 2.38. The number of ether oxygens (including phenoxy) is 1. The van der Waals surface area contributed by atoms with Gasteiger partial charge in [0.2, 0.25) is 5.89 Å². The number of likely N-dealkylation sites (tertiary alicyclic amines) is 1. The van der Waals surface area contributed by atoms with Crippen LogP contribution in [0.3, 0.4) is 0 Å². The summed E-state index contributed by atoms with van der Waals surface area (Å²) in [7, 11) is 1.77. The van der Waals surface area contributed by atoms with Crippen LogP contribution in [-0.2, 0) is 11.3 Å². The molecule has 2 heterocycles. The summed E-state index contributed by atoms with van der Waals surface area (Å²) >= 11 is 0. The Kier molecular flexibility index (Phi) is 3.81. The molecule has 6 nitrogen and oxygen atoms in total. The molecule has 1 aromatic rings. The lowest BCUT2D eigenvalue weighted by atomic mass is 9.99. The van der Waals surface area contributed by atoms with Crippen molar-refractivity contribution in [3.63, 3.8) is 0 Å². The van der Waals surface area contributed by atoms with E-state index in [1.807, 2.05) is 0 Å². The molecule has 1 aliphatic heterocycles. The van der Waals surface area contributed by atoms with Crippen LogP contribution in [0.25, 0.3) is 0 Å². The fraction of sp³-hybridized carbons (Fsp3) is 0.846. The molecular weight excluding hydrogens is 244 g/mol. The van der Waals surface area contributed by atoms with Crippen molar-refractivity contribution in [3.05, 3.63) is 11.7 Å². The smallest absolute Gasteiger partial charge is 0.229 e. The number of methoxy groups -OCH3 is 1. The molecule has 106 valence electrons. The Balaban J connectivity index is 1.60. The standard InChI is InChI=1S/C13H22N4O2/c1-18-11-4-5-17(10(6-11)7-14)8-12-15-13(19-16-12)9-2-3-9/h9-11H,2-8,14H2,1H3. The summed E-state index contributed by atoms with van der Waals surface area (Å²) in [6, 6.07) is 0.349. The average molecular weight is 266 g/mol. The summed E-state index contributed by atoms with van der Waals surface area (Å²) in [4.78, 5) is 6.83. The summed E-state index contributed by atoms with van der Waals surface area (Å²) in [6.45, 7) is 2.36. The molecule has 2 N–H and O–H groups in total. The second kappa shape index (κ2) is 5.56. The SMILES string of the molecule is COC1CCN(Cc2noc(C3CC3)n2)C(CN)C1. The van der Waals surface area contributed by atoms with Crippen LogP contribution in [0.1, 0.15) is 43.3 Å². The molecule has 2 atom stereocenters. The van der Waals surface area contributed by atoms with E-state index in [1.54, 1.807) is 7.11 Å². The van der Waals surface area contributed by atoms with Gasteiger partial charge in [-0.3, -0.25) is 4.90 Å². The highest BCUT2D eigenvalue weighted by molar-refractivity contribution is 5.02. The van der Waals surface area contributed by atoms with Crippen LogP contribution in [0.15, 0.2) is 4.52 Å². The van der Waals surface area contributed by atoms with E-state index in [-0.39, 0.29) is 0 Å². The van der Waals surface area contributed by atoms with Crippen LogP contribution in [0, 0.1) is 0 Å². The first-order valence-electron chi connectivity index (χ1n) is 7.09. The normalized spacial score (nSPS) is 28.7. The maximum Gasteiger partial charge on any atom is 0.229 e. The van der Waals surface area contributed by atoms with Crippen molar-refractivity contribution in [2.45, 2.75) is 50.3 Å². The minimum Gasteiger partial charge on any atom is -0.381 e. The zero-order valence-electron chi connectivity index (χ0n) is 11.4. The van der Waals surface area contributed by atoms with Gasteiger partial charge in [0.05, 0.1) is 12.6 Å². The zero-order valence-corrected chi connectivity index (χ0v) is 11.4. The van der Waals surface area contributed by atoms with Gasteiger partial charge in [0.1, 0.15) is 0 Å². The number of hydrogen-bond acceptors (Lipinski definition) is 6. The van der Waals surface area contributed by atoms with E-state index in [0.717, 1.165) is 37.6 Å². The number of aromatic nitrogens is 2. The van der Waals surface area contributed by atoms with Crippen LogP contribution in [0.2, 0.25) is 0 Å². The number of rotatable bonds is 5. The zero-order chi connectivity index (χ0) is 13.2. The van der Waals surface area contributed by atoms with E-state index in [1.165, 1.54) is 12.8 Å². The predicted molar refractivity (Wildman–Crippen MR) is 69.6 cm³/mol. The van der Waals surface area contributed by atoms with Crippen LogP contribution in [0.4, 0.5) is 0 Å². The lowest BCUT2D eigenvalue weighted by Crippen LogP contribution is -2.48. The molecule has 0 radical (unpaired) electrons. The van der Waals surface area contributed by atoms with E-state index in [4.69, 9.17) is 15.0 Å². The molecule has 1 saturated carbocycles. The minimum absolute atomic E-state index is 0.331. The summed E-state index contributed by atoms with van der Waals surface area (Å²) in [6.07, 6.45) is 4.73. The van der Waals surface area contributed by atoms with E-state index in [2.05, 4.69) is 15.0 Å². The van der Waals surface area contributed by atoms with Crippen molar-refractivity contribution in [1.82, 2.24) is 15.0 Å². The molecule has 2 aliphatic rings. The largest absolute Gasteiger partial charge is 0.381 e. The quantitative estimate of drug-likeness (QED) is 0.852. The van der Waals surface area contributed by atoms with Crippen LogP contribution < -0.4 is 5.73 Å². The molecule has 19 heavy (non-hydrogen) atoms. The second-order valence-corrected chi connectivity index (χ2v) is 5.57. The molecule has 2 unspecified atom stereocenters. The van der Waals surface area contributed by atoms with E-state index < -0.39 is 0 Å². The van der Waals surface area contributed by atoms with Gasteiger partial charge < -0.3 is 15.0 Å². The van der Waals surface area contributed by atoms with Gasteiger partial charge in [0.15, 0.2) is 5.82 Å². The fourth-order valence-electron chi connectivity index (χ4n) is 2.74. The summed E-state index contributed by atoms with van der Waals surface area (Å²) in [5.74, 6) is 2.12. The number of nitrogens with zero attached hydrogens (tertiary/aromatic N) is 3. The third kappa shape index (κ3) is 2.96. The van der Waals surface area contributed by atoms with E-state index in [9.17, 15) is 0 Å². The Morgan fingerprint density at radius 3 is 2.95 bits per heavy atom. The van der Waals surface area contributed by atoms with Crippen molar-refractivity contribution in [3.8, 4) is 0 Å². The Bertz CT molecular complexity index is 419. The van der Waals surface area contributed by atoms with Crippen molar-refractivity contribution in [2.75, 3.05) is 20.2 Å². The summed E-state index contributed by atoms with van der Waals surface area (Å²) < 4.78 is 10.7. The molecule has 0 bridgehead atoms. The van der Waals surface area contributed by atoms with Crippen molar-refractivity contribution < 1.29 is 9.26 Å². The van der Waals surface area contributed by atoms with Crippen molar-refractivity contribution in [2.24, 2.45) is 5.73 Å². The van der Waals surface area contributed by atoms with Gasteiger partial charge in [-0.15, -0.1) is 0 Å². The minimum atomic E-state index is 0.331. The lowest BCUT2D eigenvalue weighted by molar-refractivity contribution is 0.00910. The molecular formula is C13H22N4O2. The first kappa shape index (κ1) is 13.0. The van der Waals surface area contributed by atoms with Gasteiger partial charge in [-0.05, 0) is 25.7 Å². The van der Waals surface area contributed by atoms with Gasteiger partial charge in [0, 0.05) is 32.2 Å². The Hall–Kier alpha value is -0.980. The van der Waals surface area contributed by atoms with Crippen molar-refractivity contribution in [1.29, 1.82) is 0 Å². The highest BCUT2D eigenvalue weighted by Gasteiger charge is 2.31. The maximum absolute atomic E-state index is 5.87. The topological polar surface area (TPSA) is 77.4 Å². The third-order valence-corrected chi connectivity index (χ3v) is 4.15. The maximum atomic E-state index is 5.87. The number of hydrogen-bond donors (Lipinski definition) is 1. The molecule has 1 aliphatic carbocycles. The molecule has 0 spiro atoms. The third-order valence-electron chi connectivity index (χ3n) is 4.15. The van der Waals surface area contributed by atoms with E-state index >= 15 is 0 Å². The monoisotopic (exact) mass is 266 g/mol. The molecule has 1 saturated heterocycles. The van der Waals surface area contributed by atoms with Gasteiger partial charge >= 0.3 is 0 Å². The second-order valence-electron chi connectivity index (χ2n) is 5.57. The highest BCUT2D eigenvalue weighted by atomic mass is 16.5. The molecule has 3 rings (SSSR count). The molecule has 2 fully saturated rings. The summed E-state index contributed by atoms with van der Waals surface area (Å²) in [5, 5.41) is 4.08. The Labute approximate surface area is 113 Å². The Morgan fingerprint density at radius 2 is 2.26 bits per heavy atom. The van der Waals surface area contributed by atoms with Crippen LogP contribution >= 0.6 is 0 Å². The predicted octanol–water partition coefficient (Wildman–Crippen LogP) is 0.885. The summed E-state index contributed by atoms with van der Waals surface area (Å²) in [5.41, 5.74) is 5.87. The molecule has 0 amide bonds.